The highest BCUT2D eigenvalue weighted by Gasteiger charge is 2.59. The largest absolute Gasteiger partial charge is 0.481 e. The van der Waals surface area contributed by atoms with Gasteiger partial charge in [0.1, 0.15) is 12.4 Å². The van der Waals surface area contributed by atoms with Crippen molar-refractivity contribution in [2.24, 2.45) is 16.8 Å². The predicted molar refractivity (Wildman–Crippen MR) is 143 cm³/mol. The number of rotatable bonds is 11. The maximum absolute atomic E-state index is 14.6. The number of hydrogen-bond donors (Lipinski definition) is 2. The van der Waals surface area contributed by atoms with E-state index in [1.807, 2.05) is 19.1 Å². The summed E-state index contributed by atoms with van der Waals surface area (Å²) >= 11 is 0. The second-order valence-corrected chi connectivity index (χ2v) is 10.6. The van der Waals surface area contributed by atoms with E-state index in [4.69, 9.17) is 9.47 Å². The Hall–Kier alpha value is -3.52. The minimum absolute atomic E-state index is 0.00779. The van der Waals surface area contributed by atoms with Gasteiger partial charge in [0, 0.05) is 36.2 Å². The molecule has 0 saturated heterocycles. The molecule has 7 nitrogen and oxygen atoms in total. The number of aliphatic imine (C=N–C) groups is 1. The molecule has 3 unspecified atom stereocenters. The van der Waals surface area contributed by atoms with Crippen LogP contribution in [0.3, 0.4) is 0 Å². The maximum Gasteiger partial charge on any atom is 0.307 e. The number of carboxylic acids is 1. The lowest BCUT2D eigenvalue weighted by atomic mass is 10.0. The van der Waals surface area contributed by atoms with E-state index in [1.54, 1.807) is 39.1 Å². The summed E-state index contributed by atoms with van der Waals surface area (Å²) in [7, 11) is 0. The average Bonchev–Trinajstić information content (AvgIpc) is 3.44. The topological polar surface area (TPSA) is 101 Å². The lowest BCUT2D eigenvalue weighted by Gasteiger charge is -2.16. The fraction of sp³-hybridized carbons (Fsp3) is 0.433. The molecule has 1 aromatic heterocycles. The normalized spacial score (nSPS) is 20.5. The number of aromatic nitrogens is 1. The summed E-state index contributed by atoms with van der Waals surface area (Å²) in [5.74, 6) is -0.399. The second-order valence-electron chi connectivity index (χ2n) is 10.6. The van der Waals surface area contributed by atoms with Gasteiger partial charge in [-0.25, -0.2) is 14.4 Å². The fourth-order valence-corrected chi connectivity index (χ4v) is 5.20. The third-order valence-corrected chi connectivity index (χ3v) is 7.14. The summed E-state index contributed by atoms with van der Waals surface area (Å²) in [4.78, 5) is 20.1. The van der Waals surface area contributed by atoms with E-state index < -0.39 is 17.4 Å². The van der Waals surface area contributed by atoms with Crippen molar-refractivity contribution < 1.29 is 28.9 Å². The van der Waals surface area contributed by atoms with Crippen molar-refractivity contribution in [2.75, 3.05) is 6.61 Å². The van der Waals surface area contributed by atoms with E-state index in [0.29, 0.717) is 48.9 Å². The quantitative estimate of drug-likeness (QED) is 0.171. The number of hydrogen-bond acceptors (Lipinski definition) is 6. The van der Waals surface area contributed by atoms with E-state index in [1.165, 1.54) is 6.07 Å². The van der Waals surface area contributed by atoms with Crippen LogP contribution in [0.1, 0.15) is 68.7 Å². The van der Waals surface area contributed by atoms with Gasteiger partial charge < -0.3 is 19.7 Å². The predicted octanol–water partition coefficient (Wildman–Crippen LogP) is 5.67. The SMILES string of the molecule is C=C(N=C(C)OCCCC(C)(C)O)/C(=C\C)c1ccc(F)c(COc2cc3c(cn2)C2C(C3)C2C(=O)O)c1. The summed E-state index contributed by atoms with van der Waals surface area (Å²) < 4.78 is 26.1. The van der Waals surface area contributed by atoms with Crippen LogP contribution in [0.5, 0.6) is 5.88 Å². The number of aliphatic hydroxyl groups is 1. The molecule has 1 aromatic carbocycles. The minimum atomic E-state index is -0.750. The van der Waals surface area contributed by atoms with Gasteiger partial charge in [0.15, 0.2) is 5.90 Å². The van der Waals surface area contributed by atoms with Crippen LogP contribution in [0.25, 0.3) is 5.57 Å². The van der Waals surface area contributed by atoms with Crippen LogP contribution in [0.15, 0.2) is 53.8 Å². The first-order valence-electron chi connectivity index (χ1n) is 12.9. The van der Waals surface area contributed by atoms with Crippen LogP contribution >= 0.6 is 0 Å². The van der Waals surface area contributed by atoms with Crippen LogP contribution in [0, 0.1) is 17.7 Å². The molecule has 0 amide bonds. The molecule has 4 rings (SSSR count). The second kappa shape index (κ2) is 11.1. The number of carboxylic acid groups (broad SMARTS) is 1. The number of allylic oxidation sites excluding steroid dienone is 2. The van der Waals surface area contributed by atoms with Gasteiger partial charge in [-0.1, -0.05) is 18.7 Å². The molecule has 0 spiro atoms. The molecule has 2 aliphatic rings. The van der Waals surface area contributed by atoms with Crippen molar-refractivity contribution >= 4 is 17.4 Å². The molecule has 0 aliphatic heterocycles. The van der Waals surface area contributed by atoms with Gasteiger partial charge in [-0.2, -0.15) is 0 Å². The molecular weight excluding hydrogens is 487 g/mol. The molecule has 0 radical (unpaired) electrons. The van der Waals surface area contributed by atoms with Crippen LogP contribution in [-0.4, -0.2) is 39.3 Å². The van der Waals surface area contributed by atoms with E-state index >= 15 is 0 Å². The smallest absolute Gasteiger partial charge is 0.307 e. The summed E-state index contributed by atoms with van der Waals surface area (Å²) in [5, 5.41) is 19.1. The molecule has 2 aromatic rings. The Kier molecular flexibility index (Phi) is 8.02. The Labute approximate surface area is 222 Å². The van der Waals surface area contributed by atoms with Crippen molar-refractivity contribution in [1.82, 2.24) is 4.98 Å². The zero-order valence-electron chi connectivity index (χ0n) is 22.3. The van der Waals surface area contributed by atoms with Crippen molar-refractivity contribution in [3.8, 4) is 5.88 Å². The number of fused-ring (bicyclic) bond motifs is 3. The molecule has 38 heavy (non-hydrogen) atoms. The molecule has 0 bridgehead atoms. The Morgan fingerprint density at radius 1 is 1.34 bits per heavy atom. The standard InChI is InChI=1S/C30H35FN2O5/c1-6-22(17(2)33-18(3)37-11-7-10-30(4,5)36)19-8-9-25(31)21(12-19)16-38-26-14-20-13-23-27(24(20)15-32-26)28(23)29(34)35/h6,8-9,12,14-15,23,27-28,36H,2,7,10-11,13,16H2,1,3-5H3,(H,34,35)/b22-6+,33-18?. The van der Waals surface area contributed by atoms with Gasteiger partial charge in [-0.05, 0) is 74.8 Å². The van der Waals surface area contributed by atoms with E-state index in [0.717, 1.165) is 22.3 Å². The molecule has 3 atom stereocenters. The summed E-state index contributed by atoms with van der Waals surface area (Å²) in [6, 6.07) is 6.61. The van der Waals surface area contributed by atoms with Gasteiger partial charge in [-0.3, -0.25) is 4.79 Å². The first kappa shape index (κ1) is 27.5. The number of aliphatic carboxylic acids is 1. The Morgan fingerprint density at radius 2 is 2.11 bits per heavy atom. The van der Waals surface area contributed by atoms with Crippen molar-refractivity contribution in [3.05, 3.63) is 76.9 Å². The van der Waals surface area contributed by atoms with E-state index in [9.17, 15) is 19.4 Å². The summed E-state index contributed by atoms with van der Waals surface area (Å²) in [5.41, 5.74) is 3.66. The third kappa shape index (κ3) is 6.30. The molecular formula is C30H35FN2O5. The molecule has 8 heteroatoms. The number of carbonyl (C=O) groups is 1. The monoisotopic (exact) mass is 522 g/mol. The Balaban J connectivity index is 1.38. The Bertz CT molecular complexity index is 1290. The molecule has 2 N–H and O–H groups in total. The number of benzene rings is 1. The van der Waals surface area contributed by atoms with Gasteiger partial charge in [0.2, 0.25) is 5.88 Å². The van der Waals surface area contributed by atoms with Crippen LogP contribution in [0.2, 0.25) is 0 Å². The molecule has 1 heterocycles. The van der Waals surface area contributed by atoms with Gasteiger partial charge in [0.25, 0.3) is 0 Å². The van der Waals surface area contributed by atoms with E-state index in [-0.39, 0.29) is 24.4 Å². The fourth-order valence-electron chi connectivity index (χ4n) is 5.20. The highest BCUT2D eigenvalue weighted by molar-refractivity contribution is 5.83. The summed E-state index contributed by atoms with van der Waals surface area (Å²) in [6.07, 6.45) is 5.58. The van der Waals surface area contributed by atoms with Gasteiger partial charge >= 0.3 is 5.97 Å². The molecule has 1 saturated carbocycles. The number of ether oxygens (including phenoxy) is 2. The zero-order valence-corrected chi connectivity index (χ0v) is 22.3. The first-order valence-corrected chi connectivity index (χ1v) is 12.9. The lowest BCUT2D eigenvalue weighted by molar-refractivity contribution is -0.139. The van der Waals surface area contributed by atoms with Crippen LogP contribution < -0.4 is 4.74 Å². The van der Waals surface area contributed by atoms with Crippen LogP contribution in [-0.2, 0) is 22.6 Å². The molecule has 202 valence electrons. The van der Waals surface area contributed by atoms with Gasteiger partial charge in [0.05, 0.1) is 23.8 Å². The number of pyridine rings is 1. The first-order chi connectivity index (χ1) is 18.0. The van der Waals surface area contributed by atoms with Crippen LogP contribution in [0.4, 0.5) is 4.39 Å². The average molecular weight is 523 g/mol. The van der Waals surface area contributed by atoms with Crippen molar-refractivity contribution in [2.45, 2.75) is 65.1 Å². The summed E-state index contributed by atoms with van der Waals surface area (Å²) in [6.45, 7) is 11.6. The zero-order chi connectivity index (χ0) is 27.6. The third-order valence-electron chi connectivity index (χ3n) is 7.14. The van der Waals surface area contributed by atoms with Gasteiger partial charge in [-0.15, -0.1) is 0 Å². The number of nitrogens with zero attached hydrogens (tertiary/aromatic N) is 2. The minimum Gasteiger partial charge on any atom is -0.481 e. The van der Waals surface area contributed by atoms with E-state index in [2.05, 4.69) is 16.6 Å². The molecule has 2 aliphatic carbocycles. The van der Waals surface area contributed by atoms with Crippen molar-refractivity contribution in [1.29, 1.82) is 0 Å². The lowest BCUT2D eigenvalue weighted by Crippen LogP contribution is -2.19. The maximum atomic E-state index is 14.6. The highest BCUT2D eigenvalue weighted by atomic mass is 19.1. The Morgan fingerprint density at radius 3 is 2.79 bits per heavy atom. The number of halogens is 1. The van der Waals surface area contributed by atoms with Crippen molar-refractivity contribution in [3.63, 3.8) is 0 Å². The molecule has 1 fully saturated rings. The highest BCUT2D eigenvalue weighted by Crippen LogP contribution is 2.61.